The van der Waals surface area contributed by atoms with Crippen LogP contribution in [0.2, 0.25) is 0 Å². The van der Waals surface area contributed by atoms with Crippen molar-refractivity contribution in [3.8, 4) is 0 Å². The van der Waals surface area contributed by atoms with Gasteiger partial charge in [0.1, 0.15) is 0 Å². The summed E-state index contributed by atoms with van der Waals surface area (Å²) < 4.78 is 0. The summed E-state index contributed by atoms with van der Waals surface area (Å²) in [6, 6.07) is 16.4. The molecule has 1 heterocycles. The Morgan fingerprint density at radius 2 is 1.37 bits per heavy atom. The molecule has 0 saturated heterocycles. The van der Waals surface area contributed by atoms with E-state index in [2.05, 4.69) is 43.6 Å². The van der Waals surface area contributed by atoms with Gasteiger partial charge < -0.3 is 5.11 Å². The third-order valence-electron chi connectivity index (χ3n) is 4.46. The van der Waals surface area contributed by atoms with Crippen molar-refractivity contribution >= 4 is 11.4 Å². The Morgan fingerprint density at radius 1 is 0.889 bits per heavy atom. The van der Waals surface area contributed by atoms with Gasteiger partial charge in [-0.25, -0.2) is 0 Å². The molecule has 0 saturated carbocycles. The summed E-state index contributed by atoms with van der Waals surface area (Å²) >= 11 is 0. The maximum absolute atomic E-state index is 10.7. The Hall–Kier alpha value is -2.30. The van der Waals surface area contributed by atoms with Gasteiger partial charge in [-0.2, -0.15) is 0 Å². The molecule has 1 aliphatic carbocycles. The predicted molar refractivity (Wildman–Crippen MR) is 114 cm³/mol. The molecule has 2 aromatic rings. The first-order valence-electron chi connectivity index (χ1n) is 9.92. The molecule has 0 radical (unpaired) electrons. The number of hydrogen-bond acceptors (Lipinski definition) is 4. The van der Waals surface area contributed by atoms with Crippen LogP contribution >= 0.6 is 0 Å². The number of hydrogen-bond donors (Lipinski definition) is 2. The van der Waals surface area contributed by atoms with Crippen LogP contribution in [-0.2, 0) is 6.42 Å². The van der Waals surface area contributed by atoms with E-state index in [0.717, 1.165) is 22.5 Å². The van der Waals surface area contributed by atoms with Gasteiger partial charge in [0.05, 0.1) is 17.5 Å². The van der Waals surface area contributed by atoms with Crippen molar-refractivity contribution < 1.29 is 5.11 Å². The number of fused-ring (bicyclic) bond motifs is 4. The number of benzene rings is 2. The SMILES string of the molecule is CC.CCC.CN1NN(C)C2=C1c1ccccc1CC(O)c1ccccc12. The second-order valence-corrected chi connectivity index (χ2v) is 6.59. The van der Waals surface area contributed by atoms with E-state index in [4.69, 9.17) is 0 Å². The van der Waals surface area contributed by atoms with Gasteiger partial charge in [-0.15, -0.1) is 5.53 Å². The summed E-state index contributed by atoms with van der Waals surface area (Å²) in [7, 11) is 4.03. The Kier molecular flexibility index (Phi) is 7.45. The molecule has 4 heteroatoms. The van der Waals surface area contributed by atoms with Gasteiger partial charge in [0.15, 0.2) is 0 Å². The molecule has 1 atom stereocenters. The Balaban J connectivity index is 0.000000478. The van der Waals surface area contributed by atoms with Crippen molar-refractivity contribution in [2.75, 3.05) is 14.1 Å². The van der Waals surface area contributed by atoms with Crippen LogP contribution in [0.3, 0.4) is 0 Å². The number of nitrogens with zero attached hydrogens (tertiary/aromatic N) is 2. The molecule has 0 amide bonds. The summed E-state index contributed by atoms with van der Waals surface area (Å²) in [5.41, 5.74) is 9.98. The second kappa shape index (κ2) is 9.58. The highest BCUT2D eigenvalue weighted by atomic mass is 16.3. The van der Waals surface area contributed by atoms with E-state index in [9.17, 15) is 5.11 Å². The standard InChI is InChI=1S/C18H19N3O.C3H8.C2H6/c1-20-17-13-8-4-3-7-12(13)11-16(22)14-9-5-6-10-15(14)18(17)21(2)19-20;1-3-2;1-2/h3-10,16,19,22H,11H2,1-2H3;3H2,1-2H3;1-2H3. The lowest BCUT2D eigenvalue weighted by atomic mass is 9.88. The number of aliphatic hydroxyl groups excluding tert-OH is 1. The van der Waals surface area contributed by atoms with Crippen LogP contribution in [0.4, 0.5) is 0 Å². The van der Waals surface area contributed by atoms with E-state index < -0.39 is 6.10 Å². The monoisotopic (exact) mass is 367 g/mol. The molecule has 1 aliphatic heterocycles. The Bertz CT molecular complexity index is 785. The van der Waals surface area contributed by atoms with E-state index in [0.29, 0.717) is 6.42 Å². The summed E-state index contributed by atoms with van der Waals surface area (Å²) in [5, 5.41) is 14.8. The number of nitrogens with one attached hydrogen (secondary N) is 1. The van der Waals surface area contributed by atoms with Crippen LogP contribution in [0.25, 0.3) is 11.4 Å². The van der Waals surface area contributed by atoms with Crippen LogP contribution < -0.4 is 5.53 Å². The fourth-order valence-electron chi connectivity index (χ4n) is 3.51. The fourth-order valence-corrected chi connectivity index (χ4v) is 3.51. The Labute approximate surface area is 164 Å². The van der Waals surface area contributed by atoms with Gasteiger partial charge in [0.25, 0.3) is 0 Å². The molecule has 0 bridgehead atoms. The normalized spacial score (nSPS) is 17.4. The topological polar surface area (TPSA) is 38.7 Å². The predicted octanol–water partition coefficient (Wildman–Crippen LogP) is 4.84. The fraction of sp³-hybridized carbons (Fsp3) is 0.391. The number of aliphatic hydroxyl groups is 1. The minimum atomic E-state index is -0.495. The zero-order chi connectivity index (χ0) is 20.0. The maximum Gasteiger partial charge on any atom is 0.0864 e. The minimum Gasteiger partial charge on any atom is -0.388 e. The van der Waals surface area contributed by atoms with Crippen LogP contribution in [-0.4, -0.2) is 29.2 Å². The molecule has 4 rings (SSSR count). The zero-order valence-electron chi connectivity index (χ0n) is 17.5. The molecule has 1 unspecified atom stereocenters. The zero-order valence-corrected chi connectivity index (χ0v) is 17.5. The molecule has 2 aromatic carbocycles. The van der Waals surface area contributed by atoms with Gasteiger partial charge in [-0.1, -0.05) is 82.6 Å². The first-order valence-corrected chi connectivity index (χ1v) is 9.92. The molecular formula is C23H33N3O. The minimum absolute atomic E-state index is 0.495. The molecule has 4 nitrogen and oxygen atoms in total. The number of rotatable bonds is 0. The Morgan fingerprint density at radius 3 is 2.00 bits per heavy atom. The van der Waals surface area contributed by atoms with E-state index in [1.54, 1.807) is 0 Å². The first kappa shape index (κ1) is 21.0. The van der Waals surface area contributed by atoms with Crippen molar-refractivity contribution in [3.63, 3.8) is 0 Å². The van der Waals surface area contributed by atoms with E-state index >= 15 is 0 Å². The molecule has 0 aromatic heterocycles. The molecule has 2 N–H and O–H groups in total. The lowest BCUT2D eigenvalue weighted by molar-refractivity contribution is 0.177. The van der Waals surface area contributed by atoms with Gasteiger partial charge in [0, 0.05) is 31.6 Å². The van der Waals surface area contributed by atoms with Crippen molar-refractivity contribution in [2.45, 2.75) is 46.6 Å². The molecule has 27 heavy (non-hydrogen) atoms. The molecule has 2 aliphatic rings. The van der Waals surface area contributed by atoms with E-state index in [1.807, 2.05) is 62.2 Å². The molecular weight excluding hydrogens is 334 g/mol. The highest BCUT2D eigenvalue weighted by Gasteiger charge is 2.32. The molecule has 0 spiro atoms. The van der Waals surface area contributed by atoms with E-state index in [-0.39, 0.29) is 0 Å². The third-order valence-corrected chi connectivity index (χ3v) is 4.46. The van der Waals surface area contributed by atoms with Gasteiger partial charge in [0.2, 0.25) is 0 Å². The van der Waals surface area contributed by atoms with Crippen molar-refractivity contribution in [2.24, 2.45) is 0 Å². The summed E-state index contributed by atoms with van der Waals surface area (Å²) in [6.45, 7) is 8.25. The molecule has 146 valence electrons. The van der Waals surface area contributed by atoms with E-state index in [1.165, 1.54) is 17.5 Å². The second-order valence-electron chi connectivity index (χ2n) is 6.59. The van der Waals surface area contributed by atoms with Crippen LogP contribution in [0.5, 0.6) is 0 Å². The summed E-state index contributed by atoms with van der Waals surface area (Å²) in [4.78, 5) is 0. The van der Waals surface area contributed by atoms with Crippen molar-refractivity contribution in [1.82, 2.24) is 15.6 Å². The van der Waals surface area contributed by atoms with Crippen LogP contribution in [0.15, 0.2) is 48.5 Å². The lowest BCUT2D eigenvalue weighted by Crippen LogP contribution is -2.36. The van der Waals surface area contributed by atoms with Crippen molar-refractivity contribution in [3.05, 3.63) is 70.8 Å². The highest BCUT2D eigenvalue weighted by Crippen LogP contribution is 2.41. The maximum atomic E-state index is 10.7. The average molecular weight is 368 g/mol. The summed E-state index contributed by atoms with van der Waals surface area (Å²) in [6.07, 6.45) is 1.38. The lowest BCUT2D eigenvalue weighted by Gasteiger charge is -2.24. The van der Waals surface area contributed by atoms with Crippen LogP contribution in [0.1, 0.15) is 62.5 Å². The largest absolute Gasteiger partial charge is 0.388 e. The molecule has 0 fully saturated rings. The van der Waals surface area contributed by atoms with Crippen molar-refractivity contribution in [1.29, 1.82) is 0 Å². The quantitative estimate of drug-likeness (QED) is 0.699. The highest BCUT2D eigenvalue weighted by molar-refractivity contribution is 5.92. The van der Waals surface area contributed by atoms with Gasteiger partial charge in [-0.3, -0.25) is 10.0 Å². The van der Waals surface area contributed by atoms with Gasteiger partial charge >= 0.3 is 0 Å². The van der Waals surface area contributed by atoms with Gasteiger partial charge in [-0.05, 0) is 11.1 Å². The first-order chi connectivity index (χ1) is 13.1. The summed E-state index contributed by atoms with van der Waals surface area (Å²) in [5.74, 6) is 0. The number of hydrazine groups is 2. The van der Waals surface area contributed by atoms with Crippen LogP contribution in [0, 0.1) is 0 Å². The third kappa shape index (κ3) is 4.18. The smallest absolute Gasteiger partial charge is 0.0864 e. The average Bonchev–Trinajstić information content (AvgIpc) is 2.96.